The van der Waals surface area contributed by atoms with E-state index in [1.165, 1.54) is 0 Å². The van der Waals surface area contributed by atoms with Crippen molar-refractivity contribution in [2.45, 2.75) is 29.8 Å². The van der Waals surface area contributed by atoms with Crippen molar-refractivity contribution in [3.63, 3.8) is 0 Å². The van der Waals surface area contributed by atoms with Crippen LogP contribution >= 0.6 is 11.8 Å². The summed E-state index contributed by atoms with van der Waals surface area (Å²) in [5.41, 5.74) is 4.46. The molecular formula is C17H19N5O9S. The molecule has 172 valence electrons. The zero-order valence-electron chi connectivity index (χ0n) is 16.3. The van der Waals surface area contributed by atoms with Gasteiger partial charge in [-0.3, -0.25) is 29.3 Å². The summed E-state index contributed by atoms with van der Waals surface area (Å²) in [5, 5.41) is 51.8. The van der Waals surface area contributed by atoms with Crippen LogP contribution < -0.4 is 16.4 Å². The number of amides is 2. The Kier molecular flexibility index (Phi) is 9.86. The summed E-state index contributed by atoms with van der Waals surface area (Å²) in [6.45, 7) is -0.752. The Morgan fingerprint density at radius 3 is 2.47 bits per heavy atom. The molecule has 15 heteroatoms. The molecule has 0 radical (unpaired) electrons. The molecule has 0 aliphatic heterocycles. The van der Waals surface area contributed by atoms with E-state index in [1.54, 1.807) is 6.07 Å². The SMILES string of the molecule is N#Cc1cc([N+](=O)[O-])c(SC[C@H](NC(=O)CC[C@H](N)C(=O)O)C(=O)NCC(=O)O)cc1O. The number of carbonyl (C=O) groups excluding carboxylic acids is 2. The molecule has 0 saturated carbocycles. The van der Waals surface area contributed by atoms with Crippen LogP contribution in [0.4, 0.5) is 5.69 Å². The molecule has 0 fully saturated rings. The predicted octanol–water partition coefficient (Wildman–Crippen LogP) is -0.858. The molecule has 7 N–H and O–H groups in total. The van der Waals surface area contributed by atoms with E-state index in [9.17, 15) is 34.4 Å². The quantitative estimate of drug-likeness (QED) is 0.124. The Bertz CT molecular complexity index is 962. The van der Waals surface area contributed by atoms with Gasteiger partial charge >= 0.3 is 11.9 Å². The van der Waals surface area contributed by atoms with Crippen molar-refractivity contribution in [2.24, 2.45) is 5.73 Å². The lowest BCUT2D eigenvalue weighted by atomic mass is 10.1. The molecule has 14 nitrogen and oxygen atoms in total. The first-order chi connectivity index (χ1) is 15.0. The number of carboxylic acid groups (broad SMARTS) is 2. The van der Waals surface area contributed by atoms with Gasteiger partial charge in [-0.15, -0.1) is 11.8 Å². The molecule has 1 aromatic carbocycles. The molecule has 2 amide bonds. The number of rotatable bonds is 12. The van der Waals surface area contributed by atoms with Crippen LogP contribution in [-0.2, 0) is 19.2 Å². The maximum atomic E-state index is 12.3. The summed E-state index contributed by atoms with van der Waals surface area (Å²) < 4.78 is 0. The number of thioether (sulfide) groups is 1. The van der Waals surface area contributed by atoms with Gasteiger partial charge in [0.05, 0.1) is 9.82 Å². The predicted molar refractivity (Wildman–Crippen MR) is 108 cm³/mol. The molecule has 0 bridgehead atoms. The van der Waals surface area contributed by atoms with E-state index in [2.05, 4.69) is 10.6 Å². The summed E-state index contributed by atoms with van der Waals surface area (Å²) in [6, 6.07) is 0.740. The zero-order chi connectivity index (χ0) is 24.4. The van der Waals surface area contributed by atoms with Crippen molar-refractivity contribution in [3.05, 3.63) is 27.8 Å². The number of nitrogens with one attached hydrogen (secondary N) is 2. The normalized spacial score (nSPS) is 12.1. The number of nitrogens with two attached hydrogens (primary N) is 1. The highest BCUT2D eigenvalue weighted by atomic mass is 32.2. The molecule has 0 aromatic heterocycles. The summed E-state index contributed by atoms with van der Waals surface area (Å²) in [6.07, 6.45) is -0.578. The number of nitro benzene ring substituents is 1. The van der Waals surface area contributed by atoms with Crippen LogP contribution in [0.1, 0.15) is 18.4 Å². The zero-order valence-corrected chi connectivity index (χ0v) is 17.1. The van der Waals surface area contributed by atoms with Gasteiger partial charge in [-0.2, -0.15) is 5.26 Å². The fourth-order valence-electron chi connectivity index (χ4n) is 2.22. The average molecular weight is 469 g/mol. The number of nitriles is 1. The third-order valence-electron chi connectivity index (χ3n) is 3.87. The highest BCUT2D eigenvalue weighted by Gasteiger charge is 2.25. The van der Waals surface area contributed by atoms with Gasteiger partial charge in [-0.25, -0.2) is 0 Å². The smallest absolute Gasteiger partial charge is 0.322 e. The summed E-state index contributed by atoms with van der Waals surface area (Å²) in [4.78, 5) is 56.2. The van der Waals surface area contributed by atoms with Crippen LogP contribution in [0.3, 0.4) is 0 Å². The minimum absolute atomic E-state index is 0.107. The van der Waals surface area contributed by atoms with Gasteiger partial charge in [0.25, 0.3) is 5.69 Å². The van der Waals surface area contributed by atoms with Crippen molar-refractivity contribution in [1.29, 1.82) is 5.26 Å². The van der Waals surface area contributed by atoms with Crippen molar-refractivity contribution in [2.75, 3.05) is 12.3 Å². The van der Waals surface area contributed by atoms with Gasteiger partial charge in [-0.05, 0) is 6.42 Å². The molecule has 0 aliphatic rings. The Balaban J connectivity index is 3.00. The summed E-state index contributed by atoms with van der Waals surface area (Å²) in [5.74, 6) is -5.17. The number of nitro groups is 1. The third-order valence-corrected chi connectivity index (χ3v) is 5.00. The van der Waals surface area contributed by atoms with Crippen molar-refractivity contribution in [3.8, 4) is 11.8 Å². The Labute approximate surface area is 184 Å². The van der Waals surface area contributed by atoms with Gasteiger partial charge in [0, 0.05) is 24.3 Å². The second-order valence-corrected chi connectivity index (χ2v) is 7.29. The number of aliphatic carboxylic acids is 2. The lowest BCUT2D eigenvalue weighted by molar-refractivity contribution is -0.387. The van der Waals surface area contributed by atoms with Crippen molar-refractivity contribution >= 4 is 41.2 Å². The number of phenols is 1. The van der Waals surface area contributed by atoms with E-state index in [-0.39, 0.29) is 29.1 Å². The Morgan fingerprint density at radius 2 is 1.94 bits per heavy atom. The van der Waals surface area contributed by atoms with Gasteiger partial charge < -0.3 is 31.7 Å². The number of carboxylic acids is 2. The molecule has 2 atom stereocenters. The third kappa shape index (κ3) is 8.08. The van der Waals surface area contributed by atoms with E-state index in [1.807, 2.05) is 0 Å². The number of nitrogens with zero attached hydrogens (tertiary/aromatic N) is 2. The largest absolute Gasteiger partial charge is 0.507 e. The van der Waals surface area contributed by atoms with E-state index in [0.29, 0.717) is 11.8 Å². The van der Waals surface area contributed by atoms with Gasteiger partial charge in [-0.1, -0.05) is 0 Å². The number of phenolic OH excluding ortho intramolecular Hbond substituents is 1. The number of hydrogen-bond acceptors (Lipinski definition) is 10. The number of benzene rings is 1. The first-order valence-corrected chi connectivity index (χ1v) is 9.76. The maximum absolute atomic E-state index is 12.3. The van der Waals surface area contributed by atoms with Crippen LogP contribution in [0.15, 0.2) is 17.0 Å². The van der Waals surface area contributed by atoms with E-state index >= 15 is 0 Å². The summed E-state index contributed by atoms with van der Waals surface area (Å²) in [7, 11) is 0. The molecule has 0 heterocycles. The van der Waals surface area contributed by atoms with Crippen LogP contribution in [-0.4, -0.2) is 68.4 Å². The van der Waals surface area contributed by atoms with Gasteiger partial charge in [0.1, 0.15) is 36.0 Å². The minimum atomic E-state index is -1.36. The van der Waals surface area contributed by atoms with Gasteiger partial charge in [0.2, 0.25) is 11.8 Å². The monoisotopic (exact) mass is 469 g/mol. The molecule has 0 aliphatic carbocycles. The number of aromatic hydroxyl groups is 1. The van der Waals surface area contributed by atoms with Crippen LogP contribution in [0.5, 0.6) is 5.75 Å². The van der Waals surface area contributed by atoms with Crippen molar-refractivity contribution < 1.29 is 39.4 Å². The highest BCUT2D eigenvalue weighted by Crippen LogP contribution is 2.35. The van der Waals surface area contributed by atoms with Crippen LogP contribution in [0, 0.1) is 21.4 Å². The highest BCUT2D eigenvalue weighted by molar-refractivity contribution is 7.99. The van der Waals surface area contributed by atoms with Crippen molar-refractivity contribution in [1.82, 2.24) is 10.6 Å². The van der Waals surface area contributed by atoms with Crippen LogP contribution in [0.2, 0.25) is 0 Å². The lowest BCUT2D eigenvalue weighted by Gasteiger charge is -2.18. The standard InChI is InChI=1S/C17H19N5O9S/c18-5-8-3-11(22(30)31)13(4-12(8)23)32-7-10(16(27)20-6-15(25)26)21-14(24)2-1-9(19)17(28)29/h3-4,9-10,23H,1-2,6-7,19H2,(H,20,27)(H,21,24)(H,25,26)(H,28,29)/t9-,10-/m0/s1. The average Bonchev–Trinajstić information content (AvgIpc) is 2.72. The molecule has 1 rings (SSSR count). The molecule has 0 unspecified atom stereocenters. The summed E-state index contributed by atoms with van der Waals surface area (Å²) >= 11 is 0.698. The maximum Gasteiger partial charge on any atom is 0.322 e. The first-order valence-electron chi connectivity index (χ1n) is 8.77. The van der Waals surface area contributed by atoms with Crippen LogP contribution in [0.25, 0.3) is 0 Å². The van der Waals surface area contributed by atoms with E-state index in [4.69, 9.17) is 21.2 Å². The molecule has 1 aromatic rings. The molecule has 32 heavy (non-hydrogen) atoms. The lowest BCUT2D eigenvalue weighted by Crippen LogP contribution is -2.49. The van der Waals surface area contributed by atoms with Gasteiger partial charge in [0.15, 0.2) is 0 Å². The fourth-order valence-corrected chi connectivity index (χ4v) is 3.28. The minimum Gasteiger partial charge on any atom is -0.507 e. The second kappa shape index (κ2) is 12.1. The molecule has 0 spiro atoms. The Morgan fingerprint density at radius 1 is 1.28 bits per heavy atom. The van der Waals surface area contributed by atoms with E-state index < -0.39 is 58.7 Å². The van der Waals surface area contributed by atoms with E-state index in [0.717, 1.165) is 12.1 Å². The molecule has 0 saturated heterocycles. The molecular weight excluding hydrogens is 450 g/mol. The number of hydrogen-bond donors (Lipinski definition) is 6. The first kappa shape index (κ1) is 26.1. The fraction of sp³-hybridized carbons (Fsp3) is 0.353. The number of carbonyl (C=O) groups is 4. The Hall–Kier alpha value is -3.90. The second-order valence-electron chi connectivity index (χ2n) is 6.23. The topological polar surface area (TPSA) is 246 Å².